The van der Waals surface area contributed by atoms with Gasteiger partial charge in [-0.15, -0.1) is 0 Å². The Bertz CT molecular complexity index is 732. The van der Waals surface area contributed by atoms with E-state index in [1.807, 2.05) is 0 Å². The van der Waals surface area contributed by atoms with E-state index >= 15 is 0 Å². The summed E-state index contributed by atoms with van der Waals surface area (Å²) in [4.78, 5) is 0. The fourth-order valence-electron chi connectivity index (χ4n) is 2.44. The Morgan fingerprint density at radius 2 is 1.59 bits per heavy atom. The van der Waals surface area contributed by atoms with Crippen molar-refractivity contribution in [3.8, 4) is 0 Å². The number of aryl methyl sites for hydroxylation is 3. The van der Waals surface area contributed by atoms with Crippen molar-refractivity contribution in [1.29, 1.82) is 0 Å². The summed E-state index contributed by atoms with van der Waals surface area (Å²) in [5.41, 5.74) is 7.19. The van der Waals surface area contributed by atoms with Gasteiger partial charge in [-0.1, -0.05) is 12.1 Å². The summed E-state index contributed by atoms with van der Waals surface area (Å²) in [6.45, 7) is 8.55. The van der Waals surface area contributed by atoms with Gasteiger partial charge in [-0.05, 0) is 62.1 Å². The molecule has 0 aliphatic rings. The van der Waals surface area contributed by atoms with Gasteiger partial charge in [0.2, 0.25) is 0 Å². The van der Waals surface area contributed by atoms with Crippen LogP contribution in [-0.2, 0) is 0 Å². The van der Waals surface area contributed by atoms with Crippen LogP contribution in [0.1, 0.15) is 22.3 Å². The zero-order chi connectivity index (χ0) is 12.2. The number of hydrogen-bond acceptors (Lipinski definition) is 1. The predicted molar refractivity (Wildman–Crippen MR) is 72.7 cm³/mol. The standard InChI is InChI=1S/C16H16O/c1-9-5-6-13-14-8-10(2)11(3)12(4)16(14)17-15(13)7-9/h5-8H,1-4H3. The van der Waals surface area contributed by atoms with Gasteiger partial charge in [0.25, 0.3) is 0 Å². The SMILES string of the molecule is Cc1ccc2c(c1)oc1c(C)c(C)c(C)cc12. The van der Waals surface area contributed by atoms with Gasteiger partial charge >= 0.3 is 0 Å². The minimum absolute atomic E-state index is 0.994. The summed E-state index contributed by atoms with van der Waals surface area (Å²) >= 11 is 0. The first-order chi connectivity index (χ1) is 8.08. The molecule has 0 aliphatic carbocycles. The molecule has 0 N–H and O–H groups in total. The van der Waals surface area contributed by atoms with E-state index in [4.69, 9.17) is 4.42 Å². The molecule has 0 atom stereocenters. The highest BCUT2D eigenvalue weighted by Gasteiger charge is 2.12. The molecule has 1 heteroatoms. The molecular formula is C16H16O. The largest absolute Gasteiger partial charge is 0.456 e. The Balaban J connectivity index is 2.56. The molecule has 0 unspecified atom stereocenters. The van der Waals surface area contributed by atoms with E-state index in [-0.39, 0.29) is 0 Å². The van der Waals surface area contributed by atoms with E-state index in [1.165, 1.54) is 33.0 Å². The minimum atomic E-state index is 0.994. The van der Waals surface area contributed by atoms with Gasteiger partial charge in [0.05, 0.1) is 0 Å². The third-order valence-electron chi connectivity index (χ3n) is 3.74. The molecule has 0 aliphatic heterocycles. The van der Waals surface area contributed by atoms with E-state index in [9.17, 15) is 0 Å². The Labute approximate surface area is 101 Å². The number of rotatable bonds is 0. The summed E-state index contributed by atoms with van der Waals surface area (Å²) in [6, 6.07) is 8.64. The van der Waals surface area contributed by atoms with Crippen LogP contribution < -0.4 is 0 Å². The molecule has 0 amide bonds. The average Bonchev–Trinajstić information content (AvgIpc) is 2.64. The van der Waals surface area contributed by atoms with E-state index in [0.29, 0.717) is 0 Å². The van der Waals surface area contributed by atoms with Crippen LogP contribution in [0.3, 0.4) is 0 Å². The van der Waals surface area contributed by atoms with Crippen molar-refractivity contribution in [2.75, 3.05) is 0 Å². The Morgan fingerprint density at radius 3 is 2.35 bits per heavy atom. The van der Waals surface area contributed by atoms with E-state index < -0.39 is 0 Å². The first kappa shape index (κ1) is 10.4. The molecule has 3 rings (SSSR count). The van der Waals surface area contributed by atoms with Crippen molar-refractivity contribution >= 4 is 21.9 Å². The lowest BCUT2D eigenvalue weighted by atomic mass is 10.00. The third kappa shape index (κ3) is 1.39. The Hall–Kier alpha value is -1.76. The molecule has 0 saturated heterocycles. The van der Waals surface area contributed by atoms with Crippen LogP contribution in [0.4, 0.5) is 0 Å². The molecule has 86 valence electrons. The molecule has 0 saturated carbocycles. The second-order valence-electron chi connectivity index (χ2n) is 4.92. The summed E-state index contributed by atoms with van der Waals surface area (Å²) < 4.78 is 6.00. The van der Waals surface area contributed by atoms with Crippen molar-refractivity contribution in [3.05, 3.63) is 46.5 Å². The Morgan fingerprint density at radius 1 is 0.824 bits per heavy atom. The van der Waals surface area contributed by atoms with Crippen LogP contribution in [0.2, 0.25) is 0 Å². The lowest BCUT2D eigenvalue weighted by Crippen LogP contribution is -1.86. The highest BCUT2D eigenvalue weighted by molar-refractivity contribution is 6.06. The maximum absolute atomic E-state index is 6.00. The average molecular weight is 224 g/mol. The summed E-state index contributed by atoms with van der Waals surface area (Å²) in [5.74, 6) is 0. The topological polar surface area (TPSA) is 13.1 Å². The van der Waals surface area contributed by atoms with Crippen LogP contribution in [0.15, 0.2) is 28.7 Å². The number of hydrogen-bond donors (Lipinski definition) is 0. The molecule has 1 nitrogen and oxygen atoms in total. The summed E-state index contributed by atoms with van der Waals surface area (Å²) in [7, 11) is 0. The number of fused-ring (bicyclic) bond motifs is 3. The van der Waals surface area contributed by atoms with Gasteiger partial charge in [0.1, 0.15) is 11.2 Å². The Kier molecular flexibility index (Phi) is 2.06. The first-order valence-electron chi connectivity index (χ1n) is 5.97. The highest BCUT2D eigenvalue weighted by atomic mass is 16.3. The quantitative estimate of drug-likeness (QED) is 0.533. The molecule has 2 aromatic carbocycles. The molecule has 17 heavy (non-hydrogen) atoms. The van der Waals surface area contributed by atoms with Crippen molar-refractivity contribution in [2.45, 2.75) is 27.7 Å². The molecule has 1 aromatic heterocycles. The van der Waals surface area contributed by atoms with Crippen LogP contribution in [-0.4, -0.2) is 0 Å². The van der Waals surface area contributed by atoms with Crippen LogP contribution in [0.25, 0.3) is 21.9 Å². The van der Waals surface area contributed by atoms with Crippen LogP contribution >= 0.6 is 0 Å². The van der Waals surface area contributed by atoms with Crippen molar-refractivity contribution in [3.63, 3.8) is 0 Å². The number of furan rings is 1. The first-order valence-corrected chi connectivity index (χ1v) is 5.97. The minimum Gasteiger partial charge on any atom is -0.456 e. The van der Waals surface area contributed by atoms with Crippen molar-refractivity contribution in [2.24, 2.45) is 0 Å². The van der Waals surface area contributed by atoms with E-state index in [0.717, 1.165) is 11.2 Å². The maximum Gasteiger partial charge on any atom is 0.138 e. The maximum atomic E-state index is 6.00. The van der Waals surface area contributed by atoms with Gasteiger partial charge in [-0.25, -0.2) is 0 Å². The van der Waals surface area contributed by atoms with Gasteiger partial charge in [0.15, 0.2) is 0 Å². The normalized spacial score (nSPS) is 11.5. The number of benzene rings is 2. The fraction of sp³-hybridized carbons (Fsp3) is 0.250. The van der Waals surface area contributed by atoms with Gasteiger partial charge in [-0.3, -0.25) is 0 Å². The second-order valence-corrected chi connectivity index (χ2v) is 4.92. The molecule has 0 radical (unpaired) electrons. The monoisotopic (exact) mass is 224 g/mol. The van der Waals surface area contributed by atoms with Crippen LogP contribution in [0, 0.1) is 27.7 Å². The zero-order valence-electron chi connectivity index (χ0n) is 10.7. The second kappa shape index (κ2) is 3.36. The summed E-state index contributed by atoms with van der Waals surface area (Å²) in [6.07, 6.45) is 0. The summed E-state index contributed by atoms with van der Waals surface area (Å²) in [5, 5.41) is 2.46. The third-order valence-corrected chi connectivity index (χ3v) is 3.74. The lowest BCUT2D eigenvalue weighted by molar-refractivity contribution is 0.664. The van der Waals surface area contributed by atoms with Gasteiger partial charge < -0.3 is 4.42 Å². The zero-order valence-corrected chi connectivity index (χ0v) is 10.7. The molecule has 1 heterocycles. The van der Waals surface area contributed by atoms with E-state index in [2.05, 4.69) is 52.0 Å². The van der Waals surface area contributed by atoms with Crippen molar-refractivity contribution in [1.82, 2.24) is 0 Å². The smallest absolute Gasteiger partial charge is 0.138 e. The molecule has 0 bridgehead atoms. The molecule has 3 aromatic rings. The molecule has 0 spiro atoms. The lowest BCUT2D eigenvalue weighted by Gasteiger charge is -2.04. The fourth-order valence-corrected chi connectivity index (χ4v) is 2.44. The molecular weight excluding hydrogens is 208 g/mol. The van der Waals surface area contributed by atoms with E-state index in [1.54, 1.807) is 0 Å². The predicted octanol–water partition coefficient (Wildman–Crippen LogP) is 4.82. The molecule has 0 fully saturated rings. The van der Waals surface area contributed by atoms with Gasteiger partial charge in [-0.2, -0.15) is 0 Å². The van der Waals surface area contributed by atoms with Gasteiger partial charge in [0, 0.05) is 10.8 Å². The highest BCUT2D eigenvalue weighted by Crippen LogP contribution is 2.33. The van der Waals surface area contributed by atoms with Crippen molar-refractivity contribution < 1.29 is 4.42 Å². The van der Waals surface area contributed by atoms with Crippen LogP contribution in [0.5, 0.6) is 0 Å².